The van der Waals surface area contributed by atoms with Crippen LogP contribution >= 0.6 is 0 Å². The summed E-state index contributed by atoms with van der Waals surface area (Å²) in [6.45, 7) is 7.69. The number of nitrogens with one attached hydrogen (secondary N) is 3. The summed E-state index contributed by atoms with van der Waals surface area (Å²) in [5, 5.41) is 9.05. The average molecular weight is 922 g/mol. The number of fused-ring (bicyclic) bond motifs is 2. The van der Waals surface area contributed by atoms with E-state index in [0.29, 0.717) is 83.7 Å². The number of allylic oxidation sites excluding steroid dienone is 1. The fraction of sp³-hybridized carbons (Fsp3) is 0.346. The second kappa shape index (κ2) is 18.4. The molecule has 5 aliphatic rings. The number of piperidine rings is 3. The number of hydrogen-bond acceptors (Lipinski definition) is 11. The number of imide groups is 1. The van der Waals surface area contributed by atoms with Gasteiger partial charge < -0.3 is 40.0 Å². The molecule has 4 aromatic carbocycles. The topological polar surface area (TPSA) is 172 Å². The number of amides is 5. The second-order valence-electron chi connectivity index (χ2n) is 18.3. The molecular formula is C52H52FN7O8. The summed E-state index contributed by atoms with van der Waals surface area (Å²) < 4.78 is 32.1. The second-order valence-corrected chi connectivity index (χ2v) is 18.3. The lowest BCUT2D eigenvalue weighted by atomic mass is 9.96. The summed E-state index contributed by atoms with van der Waals surface area (Å²) in [6, 6.07) is 22.7. The van der Waals surface area contributed by atoms with Gasteiger partial charge in [-0.2, -0.15) is 0 Å². The van der Waals surface area contributed by atoms with Gasteiger partial charge in [0.25, 0.3) is 11.8 Å². The van der Waals surface area contributed by atoms with Gasteiger partial charge in [-0.05, 0) is 142 Å². The minimum absolute atomic E-state index is 0.142. The lowest BCUT2D eigenvalue weighted by molar-refractivity contribution is -0.131. The van der Waals surface area contributed by atoms with Crippen LogP contribution in [0.25, 0.3) is 10.9 Å². The Labute approximate surface area is 392 Å². The van der Waals surface area contributed by atoms with Gasteiger partial charge in [0, 0.05) is 67.1 Å². The van der Waals surface area contributed by atoms with Crippen LogP contribution in [0.1, 0.15) is 72.1 Å². The van der Waals surface area contributed by atoms with Crippen LogP contribution in [-0.2, 0) is 19.1 Å². The number of methoxy groups -OCH3 is 1. The number of carbonyl (C=O) groups is 5. The maximum Gasteiger partial charge on any atom is 0.262 e. The van der Waals surface area contributed by atoms with Gasteiger partial charge in [-0.3, -0.25) is 33.9 Å². The van der Waals surface area contributed by atoms with E-state index in [0.717, 1.165) is 79.0 Å². The molecule has 0 radical (unpaired) electrons. The van der Waals surface area contributed by atoms with Crippen molar-refractivity contribution in [2.75, 3.05) is 60.3 Å². The Bertz CT molecular complexity index is 2820. The summed E-state index contributed by atoms with van der Waals surface area (Å²) in [4.78, 5) is 75.9. The lowest BCUT2D eigenvalue weighted by Gasteiger charge is -2.36. The fourth-order valence-electron chi connectivity index (χ4n) is 9.72. The van der Waals surface area contributed by atoms with Crippen LogP contribution in [0, 0.1) is 17.2 Å². The molecule has 5 amide bonds. The van der Waals surface area contributed by atoms with Gasteiger partial charge in [-0.15, -0.1) is 0 Å². The molecule has 3 saturated heterocycles. The molecule has 68 heavy (non-hydrogen) atoms. The first kappa shape index (κ1) is 44.5. The van der Waals surface area contributed by atoms with Crippen molar-refractivity contribution in [1.29, 1.82) is 0 Å². The molecule has 3 N–H and O–H groups in total. The maximum absolute atomic E-state index is 13.4. The molecule has 5 heterocycles. The number of hydrogen-bond donors (Lipinski definition) is 3. The molecule has 10 rings (SSSR count). The van der Waals surface area contributed by atoms with Crippen molar-refractivity contribution in [3.8, 4) is 17.2 Å². The number of benzene rings is 4. The molecule has 0 bridgehead atoms. The van der Waals surface area contributed by atoms with Crippen LogP contribution < -0.4 is 35.2 Å². The smallest absolute Gasteiger partial charge is 0.262 e. The van der Waals surface area contributed by atoms with Gasteiger partial charge in [0.05, 0.1) is 35.5 Å². The third-order valence-corrected chi connectivity index (χ3v) is 13.9. The summed E-state index contributed by atoms with van der Waals surface area (Å²) in [6.07, 6.45) is 7.21. The summed E-state index contributed by atoms with van der Waals surface area (Å²) in [7, 11) is 1.66. The molecule has 4 aliphatic heterocycles. The Hall–Kier alpha value is -7.33. The van der Waals surface area contributed by atoms with Crippen molar-refractivity contribution in [3.05, 3.63) is 120 Å². The van der Waals surface area contributed by atoms with Crippen LogP contribution in [0.5, 0.6) is 17.2 Å². The molecule has 1 saturated carbocycles. The number of pyridine rings is 1. The standard InChI is InChI=1S/C52H52FN7O8/c1-31-3-14-43(47(61)55-31)60-48(62)39-13-10-36(27-40(39)49(60)63)58-23-16-32(17-24-58)30-67-37-18-25-59(26-19-37)44-29-42-41(28-46(44)66-2)45(15-22-54-42)68-38-11-8-35(9-12-38)57-51(65)52(20-21-52)50(64)56-34-6-4-33(53)5-7-34/h4-13,15,22,27-29,32,37,43H,1,3,14,16-21,23-26,30H2,2H3,(H,55,61)(H,56,64)(H,57,65). The molecule has 1 atom stereocenters. The molecule has 0 spiro atoms. The molecular weight excluding hydrogens is 870 g/mol. The molecule has 1 unspecified atom stereocenters. The Morgan fingerprint density at radius 1 is 0.794 bits per heavy atom. The van der Waals surface area contributed by atoms with Crippen molar-refractivity contribution in [2.24, 2.45) is 11.3 Å². The van der Waals surface area contributed by atoms with E-state index in [2.05, 4.69) is 37.3 Å². The highest BCUT2D eigenvalue weighted by Gasteiger charge is 2.56. The quantitative estimate of drug-likeness (QED) is 0.0777. The van der Waals surface area contributed by atoms with Gasteiger partial charge in [0.2, 0.25) is 17.7 Å². The maximum atomic E-state index is 13.4. The number of halogens is 1. The van der Waals surface area contributed by atoms with Crippen LogP contribution in [0.3, 0.4) is 0 Å². The van der Waals surface area contributed by atoms with Crippen LogP contribution in [0.2, 0.25) is 0 Å². The largest absolute Gasteiger partial charge is 0.495 e. The van der Waals surface area contributed by atoms with Crippen molar-refractivity contribution < 1.29 is 42.6 Å². The highest BCUT2D eigenvalue weighted by atomic mass is 19.1. The van der Waals surface area contributed by atoms with E-state index in [1.807, 2.05) is 18.2 Å². The molecule has 15 nitrogen and oxygen atoms in total. The van der Waals surface area contributed by atoms with Gasteiger partial charge in [-0.25, -0.2) is 4.39 Å². The first-order valence-corrected chi connectivity index (χ1v) is 23.2. The number of rotatable bonds is 13. The third-order valence-electron chi connectivity index (χ3n) is 13.9. The van der Waals surface area contributed by atoms with Crippen LogP contribution in [0.15, 0.2) is 103 Å². The van der Waals surface area contributed by atoms with Gasteiger partial charge in [-0.1, -0.05) is 6.58 Å². The minimum Gasteiger partial charge on any atom is -0.495 e. The molecule has 16 heteroatoms. The first-order chi connectivity index (χ1) is 33.0. The Balaban J connectivity index is 0.699. The molecule has 4 fully saturated rings. The van der Waals surface area contributed by atoms with Gasteiger partial charge >= 0.3 is 0 Å². The van der Waals surface area contributed by atoms with Crippen molar-refractivity contribution in [1.82, 2.24) is 15.2 Å². The zero-order valence-electron chi connectivity index (χ0n) is 37.7. The van der Waals surface area contributed by atoms with Crippen molar-refractivity contribution >= 4 is 63.2 Å². The van der Waals surface area contributed by atoms with Crippen LogP contribution in [0.4, 0.5) is 27.1 Å². The lowest BCUT2D eigenvalue weighted by Crippen LogP contribution is -2.51. The predicted molar refractivity (Wildman–Crippen MR) is 254 cm³/mol. The van der Waals surface area contributed by atoms with Gasteiger partial charge in [0.15, 0.2) is 0 Å². The van der Waals surface area contributed by atoms with E-state index in [1.54, 1.807) is 55.8 Å². The van der Waals surface area contributed by atoms with E-state index in [4.69, 9.17) is 14.2 Å². The van der Waals surface area contributed by atoms with E-state index >= 15 is 0 Å². The number of ether oxygens (including phenoxy) is 3. The SMILES string of the molecule is C=C1CCC(N2C(=O)c3ccc(N4CCC(COC5CCN(c6cc7nccc(Oc8ccc(NC(=O)C9(C(=O)Nc%10ccc(F)cc%10)CC9)cc8)c7cc6OC)CC5)CC4)cc3C2=O)C(=O)N1. The van der Waals surface area contributed by atoms with E-state index in [9.17, 15) is 28.4 Å². The van der Waals surface area contributed by atoms with Gasteiger partial charge in [0.1, 0.15) is 34.5 Å². The fourth-order valence-corrected chi connectivity index (χ4v) is 9.72. The highest BCUT2D eigenvalue weighted by molar-refractivity contribution is 6.23. The number of aromatic nitrogens is 1. The normalized spacial score (nSPS) is 19.4. The number of carbonyl (C=O) groups excluding carboxylic acids is 5. The van der Waals surface area contributed by atoms with Crippen molar-refractivity contribution in [2.45, 2.75) is 63.5 Å². The third kappa shape index (κ3) is 8.83. The summed E-state index contributed by atoms with van der Waals surface area (Å²) >= 11 is 0. The zero-order chi connectivity index (χ0) is 47.1. The highest BCUT2D eigenvalue weighted by Crippen LogP contribution is 2.48. The number of anilines is 4. The first-order valence-electron chi connectivity index (χ1n) is 23.2. The summed E-state index contributed by atoms with van der Waals surface area (Å²) in [5.41, 5.74) is 3.65. The van der Waals surface area contributed by atoms with E-state index < -0.39 is 40.9 Å². The van der Waals surface area contributed by atoms with Crippen LogP contribution in [-0.4, -0.2) is 91.5 Å². The minimum atomic E-state index is -1.18. The Morgan fingerprint density at radius 3 is 2.12 bits per heavy atom. The molecule has 1 aromatic heterocycles. The molecule has 350 valence electrons. The molecule has 5 aromatic rings. The zero-order valence-corrected chi connectivity index (χ0v) is 37.7. The van der Waals surface area contributed by atoms with Crippen molar-refractivity contribution in [3.63, 3.8) is 0 Å². The average Bonchev–Trinajstić information content (AvgIpc) is 4.14. The Morgan fingerprint density at radius 2 is 1.46 bits per heavy atom. The number of nitrogens with zero attached hydrogens (tertiary/aromatic N) is 4. The monoisotopic (exact) mass is 921 g/mol. The molecule has 1 aliphatic carbocycles. The summed E-state index contributed by atoms with van der Waals surface area (Å²) in [5.74, 6) is -0.198. The van der Waals surface area contributed by atoms with E-state index in [-0.39, 0.29) is 12.0 Å². The Kier molecular flexibility index (Phi) is 12.0. The van der Waals surface area contributed by atoms with E-state index in [1.165, 1.54) is 24.3 Å². The predicted octanol–water partition coefficient (Wildman–Crippen LogP) is 7.82.